The first-order valence-electron chi connectivity index (χ1n) is 6.72. The van der Waals surface area contributed by atoms with Gasteiger partial charge < -0.3 is 15.1 Å². The molecule has 21 heavy (non-hydrogen) atoms. The molecule has 1 atom stereocenters. The van der Waals surface area contributed by atoms with E-state index in [1.165, 1.54) is 6.07 Å². The Balaban J connectivity index is 2.28. The maximum absolute atomic E-state index is 12.5. The van der Waals surface area contributed by atoms with Crippen LogP contribution in [0.15, 0.2) is 18.2 Å². The van der Waals surface area contributed by atoms with E-state index in [0.29, 0.717) is 13.0 Å². The number of phenolic OH excluding ortho intramolecular Hbond substituents is 1. The van der Waals surface area contributed by atoms with Gasteiger partial charge in [0.05, 0.1) is 16.6 Å². The smallest absolute Gasteiger partial charge is 0.310 e. The normalized spacial score (nSPS) is 18.8. The molecule has 1 aromatic rings. The van der Waals surface area contributed by atoms with Crippen LogP contribution in [0.2, 0.25) is 0 Å². The SMILES string of the molecule is CC(C)(O)C1CCCN1C(=O)c1ccc([N+](=O)[O-])c(O)c1. The van der Waals surface area contributed by atoms with Crippen LogP contribution in [-0.2, 0) is 0 Å². The van der Waals surface area contributed by atoms with E-state index in [0.717, 1.165) is 18.6 Å². The second-order valence-electron chi connectivity index (χ2n) is 5.77. The quantitative estimate of drug-likeness (QED) is 0.652. The molecule has 1 aliphatic heterocycles. The lowest BCUT2D eigenvalue weighted by Gasteiger charge is -2.33. The lowest BCUT2D eigenvalue weighted by atomic mass is 9.96. The van der Waals surface area contributed by atoms with Crippen LogP contribution in [0.5, 0.6) is 5.75 Å². The Labute approximate surface area is 122 Å². The molecule has 0 bridgehead atoms. The van der Waals surface area contributed by atoms with Crippen LogP contribution in [0.4, 0.5) is 5.69 Å². The van der Waals surface area contributed by atoms with E-state index in [-0.39, 0.29) is 17.5 Å². The molecule has 2 rings (SSSR count). The first-order chi connectivity index (χ1) is 9.71. The number of phenols is 1. The van der Waals surface area contributed by atoms with Crippen molar-refractivity contribution in [3.63, 3.8) is 0 Å². The summed E-state index contributed by atoms with van der Waals surface area (Å²) in [4.78, 5) is 24.0. The highest BCUT2D eigenvalue weighted by molar-refractivity contribution is 5.95. The summed E-state index contributed by atoms with van der Waals surface area (Å²) >= 11 is 0. The van der Waals surface area contributed by atoms with Gasteiger partial charge in [-0.15, -0.1) is 0 Å². The van der Waals surface area contributed by atoms with Gasteiger partial charge in [0.2, 0.25) is 0 Å². The van der Waals surface area contributed by atoms with Gasteiger partial charge >= 0.3 is 5.69 Å². The van der Waals surface area contributed by atoms with Gasteiger partial charge in [-0.05, 0) is 38.8 Å². The Bertz CT molecular complexity index is 579. The summed E-state index contributed by atoms with van der Waals surface area (Å²) in [5.41, 5.74) is -1.28. The molecule has 0 spiro atoms. The maximum Gasteiger partial charge on any atom is 0.310 e. The molecule has 0 saturated carbocycles. The molecule has 1 saturated heterocycles. The molecule has 1 aliphatic rings. The van der Waals surface area contributed by atoms with Crippen molar-refractivity contribution in [3.05, 3.63) is 33.9 Å². The second kappa shape index (κ2) is 5.33. The molecule has 1 heterocycles. The van der Waals surface area contributed by atoms with Crippen LogP contribution in [0.25, 0.3) is 0 Å². The van der Waals surface area contributed by atoms with Gasteiger partial charge in [0.15, 0.2) is 5.75 Å². The molecule has 0 radical (unpaired) electrons. The van der Waals surface area contributed by atoms with E-state index < -0.39 is 22.0 Å². The predicted octanol–water partition coefficient (Wildman–Crippen LogP) is 1.68. The van der Waals surface area contributed by atoms with Crippen molar-refractivity contribution in [1.29, 1.82) is 0 Å². The minimum atomic E-state index is -1.02. The fourth-order valence-electron chi connectivity index (χ4n) is 2.72. The van der Waals surface area contributed by atoms with Gasteiger partial charge in [-0.25, -0.2) is 0 Å². The number of aromatic hydroxyl groups is 1. The number of carbonyl (C=O) groups excluding carboxylic acids is 1. The Morgan fingerprint density at radius 1 is 1.48 bits per heavy atom. The summed E-state index contributed by atoms with van der Waals surface area (Å²) in [5.74, 6) is -0.880. The van der Waals surface area contributed by atoms with Gasteiger partial charge in [0.1, 0.15) is 0 Å². The highest BCUT2D eigenvalue weighted by Gasteiger charge is 2.38. The van der Waals surface area contributed by atoms with Crippen LogP contribution < -0.4 is 0 Å². The average molecular weight is 294 g/mol. The number of hydrogen-bond donors (Lipinski definition) is 2. The molecule has 1 aromatic carbocycles. The van der Waals surface area contributed by atoms with E-state index >= 15 is 0 Å². The molecule has 114 valence electrons. The van der Waals surface area contributed by atoms with Crippen molar-refractivity contribution in [2.75, 3.05) is 6.54 Å². The molecule has 7 nitrogen and oxygen atoms in total. The molecular weight excluding hydrogens is 276 g/mol. The standard InChI is InChI=1S/C14H18N2O5/c1-14(2,19)12-4-3-7-15(12)13(18)9-5-6-10(16(20)21)11(17)8-9/h5-6,8,12,17,19H,3-4,7H2,1-2H3. The largest absolute Gasteiger partial charge is 0.502 e. The second-order valence-corrected chi connectivity index (χ2v) is 5.77. The van der Waals surface area contributed by atoms with E-state index in [1.54, 1.807) is 18.7 Å². The minimum absolute atomic E-state index is 0.175. The Hall–Kier alpha value is -2.15. The number of carbonyl (C=O) groups is 1. The van der Waals surface area contributed by atoms with E-state index in [1.807, 2.05) is 0 Å². The third kappa shape index (κ3) is 2.97. The number of amides is 1. The lowest BCUT2D eigenvalue weighted by Crippen LogP contribution is -2.48. The van der Waals surface area contributed by atoms with Crippen molar-refractivity contribution in [2.24, 2.45) is 0 Å². The number of nitro benzene ring substituents is 1. The molecule has 0 aromatic heterocycles. The van der Waals surface area contributed by atoms with Crippen molar-refractivity contribution in [2.45, 2.75) is 38.3 Å². The van der Waals surface area contributed by atoms with Crippen LogP contribution >= 0.6 is 0 Å². The molecular formula is C14H18N2O5. The lowest BCUT2D eigenvalue weighted by molar-refractivity contribution is -0.385. The van der Waals surface area contributed by atoms with Gasteiger partial charge in [-0.3, -0.25) is 14.9 Å². The number of benzene rings is 1. The van der Waals surface area contributed by atoms with Crippen molar-refractivity contribution in [3.8, 4) is 5.75 Å². The third-order valence-electron chi connectivity index (χ3n) is 3.75. The van der Waals surface area contributed by atoms with Crippen LogP contribution in [0.1, 0.15) is 37.0 Å². The minimum Gasteiger partial charge on any atom is -0.502 e. The summed E-state index contributed by atoms with van der Waals surface area (Å²) in [6.07, 6.45) is 1.49. The van der Waals surface area contributed by atoms with Crippen molar-refractivity contribution in [1.82, 2.24) is 4.90 Å². The highest BCUT2D eigenvalue weighted by atomic mass is 16.6. The van der Waals surface area contributed by atoms with Crippen molar-refractivity contribution >= 4 is 11.6 Å². The summed E-state index contributed by atoms with van der Waals surface area (Å²) in [5, 5.41) is 30.4. The molecule has 1 unspecified atom stereocenters. The predicted molar refractivity (Wildman–Crippen MR) is 75.1 cm³/mol. The number of hydrogen-bond acceptors (Lipinski definition) is 5. The van der Waals surface area contributed by atoms with E-state index in [2.05, 4.69) is 0 Å². The summed E-state index contributed by atoms with van der Waals surface area (Å²) in [7, 11) is 0. The fourth-order valence-corrected chi connectivity index (χ4v) is 2.72. The topological polar surface area (TPSA) is 104 Å². The fraction of sp³-hybridized carbons (Fsp3) is 0.500. The number of aliphatic hydroxyl groups is 1. The maximum atomic E-state index is 12.5. The van der Waals surface area contributed by atoms with Gasteiger partial charge in [0.25, 0.3) is 5.91 Å². The first kappa shape index (κ1) is 15.2. The molecule has 7 heteroatoms. The van der Waals surface area contributed by atoms with Crippen LogP contribution in [0, 0.1) is 10.1 Å². The number of nitrogens with zero attached hydrogens (tertiary/aromatic N) is 2. The summed E-state index contributed by atoms with van der Waals surface area (Å²) in [6.45, 7) is 3.82. The zero-order valence-electron chi connectivity index (χ0n) is 11.9. The molecule has 1 amide bonds. The van der Waals surface area contributed by atoms with Gasteiger partial charge in [-0.2, -0.15) is 0 Å². The van der Waals surface area contributed by atoms with Gasteiger partial charge in [0, 0.05) is 18.2 Å². The molecule has 1 fully saturated rings. The van der Waals surface area contributed by atoms with Gasteiger partial charge in [-0.1, -0.05) is 0 Å². The number of likely N-dealkylation sites (tertiary alicyclic amines) is 1. The zero-order valence-corrected chi connectivity index (χ0v) is 11.9. The number of rotatable bonds is 3. The average Bonchev–Trinajstić information content (AvgIpc) is 2.86. The van der Waals surface area contributed by atoms with Crippen LogP contribution in [0.3, 0.4) is 0 Å². The zero-order chi connectivity index (χ0) is 15.8. The first-order valence-corrected chi connectivity index (χ1v) is 6.72. The summed E-state index contributed by atoms with van der Waals surface area (Å²) < 4.78 is 0. The Kier molecular flexibility index (Phi) is 3.87. The van der Waals surface area contributed by atoms with Crippen LogP contribution in [-0.4, -0.2) is 44.1 Å². The van der Waals surface area contributed by atoms with E-state index in [9.17, 15) is 25.1 Å². The number of nitro groups is 1. The monoisotopic (exact) mass is 294 g/mol. The third-order valence-corrected chi connectivity index (χ3v) is 3.75. The summed E-state index contributed by atoms with van der Waals surface area (Å²) in [6, 6.07) is 3.22. The van der Waals surface area contributed by atoms with Crippen molar-refractivity contribution < 1.29 is 19.9 Å². The van der Waals surface area contributed by atoms with E-state index in [4.69, 9.17) is 0 Å². The Morgan fingerprint density at radius 2 is 2.14 bits per heavy atom. The molecule has 2 N–H and O–H groups in total. The Morgan fingerprint density at radius 3 is 2.67 bits per heavy atom. The molecule has 0 aliphatic carbocycles. The highest BCUT2D eigenvalue weighted by Crippen LogP contribution is 2.31.